The molecule has 0 aliphatic carbocycles. The molecule has 0 aromatic carbocycles. The van der Waals surface area contributed by atoms with E-state index in [2.05, 4.69) is 48.0 Å². The Hall–Kier alpha value is -0.940. The molecule has 2 rings (SSSR count). The maximum absolute atomic E-state index is 4.46. The third-order valence-electron chi connectivity index (χ3n) is 4.55. The largest absolute Gasteiger partial charge is 0.310 e. The molecule has 0 radical (unpaired) electrons. The molecule has 1 aromatic heterocycles. The van der Waals surface area contributed by atoms with Crippen molar-refractivity contribution in [1.82, 2.24) is 25.0 Å². The summed E-state index contributed by atoms with van der Waals surface area (Å²) in [6.07, 6.45) is 5.13. The van der Waals surface area contributed by atoms with Crippen molar-refractivity contribution < 1.29 is 0 Å². The van der Waals surface area contributed by atoms with E-state index in [1.807, 2.05) is 4.68 Å². The smallest absolute Gasteiger partial charge is 0.141 e. The van der Waals surface area contributed by atoms with Crippen LogP contribution in [-0.2, 0) is 13.1 Å². The van der Waals surface area contributed by atoms with Crippen LogP contribution in [0.15, 0.2) is 6.33 Å². The lowest BCUT2D eigenvalue weighted by Gasteiger charge is -2.34. The molecule has 1 fully saturated rings. The number of hydrogen-bond acceptors (Lipinski definition) is 4. The minimum absolute atomic E-state index is 0.209. The lowest BCUT2D eigenvalue weighted by atomic mass is 9.98. The second kappa shape index (κ2) is 6.68. The van der Waals surface area contributed by atoms with Crippen LogP contribution in [0.25, 0.3) is 0 Å². The molecule has 0 amide bonds. The summed E-state index contributed by atoms with van der Waals surface area (Å²) in [5, 5.41) is 8.04. The molecule has 5 nitrogen and oxygen atoms in total. The summed E-state index contributed by atoms with van der Waals surface area (Å²) in [6.45, 7) is 13.1. The zero-order valence-electron chi connectivity index (χ0n) is 13.4. The van der Waals surface area contributed by atoms with E-state index in [0.717, 1.165) is 44.8 Å². The van der Waals surface area contributed by atoms with Gasteiger partial charge in [0.05, 0.1) is 6.54 Å². The van der Waals surface area contributed by atoms with Gasteiger partial charge in [0.1, 0.15) is 12.2 Å². The van der Waals surface area contributed by atoms with Crippen molar-refractivity contribution in [2.45, 2.75) is 71.6 Å². The highest BCUT2D eigenvalue weighted by molar-refractivity contribution is 4.94. The van der Waals surface area contributed by atoms with Crippen molar-refractivity contribution in [1.29, 1.82) is 0 Å². The van der Waals surface area contributed by atoms with Crippen LogP contribution in [-0.4, -0.2) is 44.3 Å². The summed E-state index contributed by atoms with van der Waals surface area (Å²) >= 11 is 0. The molecule has 20 heavy (non-hydrogen) atoms. The van der Waals surface area contributed by atoms with Crippen LogP contribution >= 0.6 is 0 Å². The van der Waals surface area contributed by atoms with Gasteiger partial charge in [-0.1, -0.05) is 13.8 Å². The summed E-state index contributed by atoms with van der Waals surface area (Å²) in [7, 11) is 0. The van der Waals surface area contributed by atoms with Crippen LogP contribution in [0, 0.1) is 0 Å². The molecular formula is C15H29N5. The molecule has 5 heteroatoms. The van der Waals surface area contributed by atoms with Gasteiger partial charge in [0.2, 0.25) is 0 Å². The van der Waals surface area contributed by atoms with E-state index in [9.17, 15) is 0 Å². The van der Waals surface area contributed by atoms with Crippen molar-refractivity contribution in [3.8, 4) is 0 Å². The Balaban J connectivity index is 2.10. The van der Waals surface area contributed by atoms with Crippen molar-refractivity contribution >= 4 is 0 Å². The Morgan fingerprint density at radius 3 is 2.95 bits per heavy atom. The number of aromatic nitrogens is 3. The van der Waals surface area contributed by atoms with Crippen LogP contribution in [0.5, 0.6) is 0 Å². The third-order valence-corrected chi connectivity index (χ3v) is 4.55. The number of nitrogens with zero attached hydrogens (tertiary/aromatic N) is 4. The summed E-state index contributed by atoms with van der Waals surface area (Å²) < 4.78 is 2.05. The van der Waals surface area contributed by atoms with Gasteiger partial charge in [-0.25, -0.2) is 9.67 Å². The van der Waals surface area contributed by atoms with Gasteiger partial charge in [-0.2, -0.15) is 5.10 Å². The topological polar surface area (TPSA) is 46.0 Å². The summed E-state index contributed by atoms with van der Waals surface area (Å²) in [5.74, 6) is 1.10. The normalized spacial score (nSPS) is 28.5. The minimum Gasteiger partial charge on any atom is -0.310 e. The SMILES string of the molecule is CCCn1ncnc1CN1CC(C)(CC)NCCC1C. The molecule has 2 unspecified atom stereocenters. The monoisotopic (exact) mass is 279 g/mol. The molecule has 1 aliphatic heterocycles. The van der Waals surface area contributed by atoms with Crippen LogP contribution in [0.2, 0.25) is 0 Å². The van der Waals surface area contributed by atoms with E-state index in [-0.39, 0.29) is 5.54 Å². The highest BCUT2D eigenvalue weighted by Gasteiger charge is 2.30. The Bertz CT molecular complexity index is 416. The zero-order chi connectivity index (χ0) is 14.6. The Morgan fingerprint density at radius 1 is 1.45 bits per heavy atom. The number of hydrogen-bond donors (Lipinski definition) is 1. The maximum Gasteiger partial charge on any atom is 0.141 e. The first-order chi connectivity index (χ1) is 9.58. The highest BCUT2D eigenvalue weighted by Crippen LogP contribution is 2.20. The van der Waals surface area contributed by atoms with Crippen LogP contribution in [0.4, 0.5) is 0 Å². The number of rotatable bonds is 5. The average Bonchev–Trinajstić information content (AvgIpc) is 2.79. The van der Waals surface area contributed by atoms with Gasteiger partial charge < -0.3 is 5.32 Å². The summed E-state index contributed by atoms with van der Waals surface area (Å²) in [4.78, 5) is 7.01. The Kier molecular flexibility index (Phi) is 5.16. The van der Waals surface area contributed by atoms with Crippen LogP contribution in [0.3, 0.4) is 0 Å². The van der Waals surface area contributed by atoms with Gasteiger partial charge in [-0.15, -0.1) is 0 Å². The molecule has 1 aromatic rings. The minimum atomic E-state index is 0.209. The first-order valence-electron chi connectivity index (χ1n) is 7.93. The van der Waals surface area contributed by atoms with Crippen molar-refractivity contribution in [2.75, 3.05) is 13.1 Å². The van der Waals surface area contributed by atoms with E-state index in [1.54, 1.807) is 6.33 Å². The average molecular weight is 279 g/mol. The second-order valence-corrected chi connectivity index (χ2v) is 6.28. The van der Waals surface area contributed by atoms with Crippen LogP contribution < -0.4 is 5.32 Å². The lowest BCUT2D eigenvalue weighted by Crippen LogP contribution is -2.49. The van der Waals surface area contributed by atoms with E-state index in [0.29, 0.717) is 6.04 Å². The molecule has 2 heterocycles. The quantitative estimate of drug-likeness (QED) is 0.896. The van der Waals surface area contributed by atoms with E-state index < -0.39 is 0 Å². The standard InChI is InChI=1S/C15H29N5/c1-5-9-20-14(16-12-18-20)10-19-11-15(4,6-2)17-8-7-13(19)3/h12-13,17H,5-11H2,1-4H3. The van der Waals surface area contributed by atoms with E-state index >= 15 is 0 Å². The molecule has 1 aliphatic rings. The molecule has 1 saturated heterocycles. The molecule has 0 saturated carbocycles. The molecule has 0 spiro atoms. The highest BCUT2D eigenvalue weighted by atomic mass is 15.4. The van der Waals surface area contributed by atoms with Crippen molar-refractivity contribution in [3.63, 3.8) is 0 Å². The fourth-order valence-electron chi connectivity index (χ4n) is 2.86. The van der Waals surface area contributed by atoms with Gasteiger partial charge in [-0.05, 0) is 39.7 Å². The van der Waals surface area contributed by atoms with Crippen LogP contribution in [0.1, 0.15) is 52.8 Å². The Labute approximate surface area is 122 Å². The van der Waals surface area contributed by atoms with Gasteiger partial charge in [0, 0.05) is 24.7 Å². The van der Waals surface area contributed by atoms with Gasteiger partial charge >= 0.3 is 0 Å². The first kappa shape index (κ1) is 15.4. The fraction of sp³-hybridized carbons (Fsp3) is 0.867. The first-order valence-corrected chi connectivity index (χ1v) is 7.93. The zero-order valence-corrected chi connectivity index (χ0v) is 13.4. The van der Waals surface area contributed by atoms with Gasteiger partial charge in [-0.3, -0.25) is 4.90 Å². The van der Waals surface area contributed by atoms with Gasteiger partial charge in [0.25, 0.3) is 0 Å². The molecule has 2 atom stereocenters. The molecule has 0 bridgehead atoms. The van der Waals surface area contributed by atoms with E-state index in [4.69, 9.17) is 0 Å². The number of aryl methyl sites for hydroxylation is 1. The van der Waals surface area contributed by atoms with E-state index in [1.165, 1.54) is 6.42 Å². The maximum atomic E-state index is 4.46. The van der Waals surface area contributed by atoms with Crippen molar-refractivity contribution in [2.24, 2.45) is 0 Å². The lowest BCUT2D eigenvalue weighted by molar-refractivity contribution is 0.157. The molecular weight excluding hydrogens is 250 g/mol. The fourth-order valence-corrected chi connectivity index (χ4v) is 2.86. The summed E-state index contributed by atoms with van der Waals surface area (Å²) in [6, 6.07) is 0.586. The predicted octanol–water partition coefficient (Wildman–Crippen LogP) is 2.04. The molecule has 1 N–H and O–H groups in total. The summed E-state index contributed by atoms with van der Waals surface area (Å²) in [5.41, 5.74) is 0.209. The number of nitrogens with one attached hydrogen (secondary N) is 1. The predicted molar refractivity (Wildman–Crippen MR) is 81.5 cm³/mol. The second-order valence-electron chi connectivity index (χ2n) is 6.28. The molecule has 114 valence electrons. The Morgan fingerprint density at radius 2 is 2.25 bits per heavy atom. The van der Waals surface area contributed by atoms with Gasteiger partial charge in [0.15, 0.2) is 0 Å². The van der Waals surface area contributed by atoms with Crippen molar-refractivity contribution in [3.05, 3.63) is 12.2 Å². The third kappa shape index (κ3) is 3.58.